The van der Waals surface area contributed by atoms with Crippen LogP contribution in [0.5, 0.6) is 0 Å². The van der Waals surface area contributed by atoms with Gasteiger partial charge in [0.2, 0.25) is 5.91 Å². The van der Waals surface area contributed by atoms with Crippen LogP contribution in [0.25, 0.3) is 0 Å². The summed E-state index contributed by atoms with van der Waals surface area (Å²) >= 11 is 0. The zero-order valence-electron chi connectivity index (χ0n) is 10.5. The minimum atomic E-state index is 0. The molecule has 1 unspecified atom stereocenters. The van der Waals surface area contributed by atoms with E-state index in [9.17, 15) is 4.79 Å². The van der Waals surface area contributed by atoms with Crippen LogP contribution >= 0.6 is 12.4 Å². The van der Waals surface area contributed by atoms with Crippen molar-refractivity contribution in [3.8, 4) is 0 Å². The van der Waals surface area contributed by atoms with Gasteiger partial charge in [-0.3, -0.25) is 4.79 Å². The van der Waals surface area contributed by atoms with Gasteiger partial charge in [0.1, 0.15) is 0 Å². The summed E-state index contributed by atoms with van der Waals surface area (Å²) in [4.78, 5) is 13.9. The van der Waals surface area contributed by atoms with E-state index in [1.54, 1.807) is 0 Å². The Hall–Kier alpha value is -0.320. The highest BCUT2D eigenvalue weighted by Crippen LogP contribution is 2.14. The number of rotatable bonds is 3. The Morgan fingerprint density at radius 1 is 1.35 bits per heavy atom. The van der Waals surface area contributed by atoms with Gasteiger partial charge >= 0.3 is 0 Å². The van der Waals surface area contributed by atoms with Gasteiger partial charge in [-0.1, -0.05) is 6.42 Å². The molecule has 0 spiro atoms. The van der Waals surface area contributed by atoms with E-state index in [-0.39, 0.29) is 30.5 Å². The van der Waals surface area contributed by atoms with E-state index in [0.29, 0.717) is 0 Å². The van der Waals surface area contributed by atoms with E-state index in [1.807, 2.05) is 11.9 Å². The summed E-state index contributed by atoms with van der Waals surface area (Å²) in [5, 5.41) is 3.29. The van der Waals surface area contributed by atoms with Gasteiger partial charge in [-0.05, 0) is 32.2 Å². The maximum atomic E-state index is 12.1. The Morgan fingerprint density at radius 2 is 2.18 bits per heavy atom. The van der Waals surface area contributed by atoms with E-state index in [4.69, 9.17) is 4.74 Å². The number of amides is 1. The molecule has 17 heavy (non-hydrogen) atoms. The predicted octanol–water partition coefficient (Wildman–Crippen LogP) is 1.19. The van der Waals surface area contributed by atoms with Crippen LogP contribution < -0.4 is 5.32 Å². The molecular formula is C12H23ClN2O2. The van der Waals surface area contributed by atoms with Gasteiger partial charge in [-0.2, -0.15) is 0 Å². The lowest BCUT2D eigenvalue weighted by Crippen LogP contribution is -2.48. The monoisotopic (exact) mass is 262 g/mol. The van der Waals surface area contributed by atoms with Crippen molar-refractivity contribution in [1.82, 2.24) is 10.2 Å². The summed E-state index contributed by atoms with van der Waals surface area (Å²) in [6, 6.07) is 0.0418. The zero-order chi connectivity index (χ0) is 11.4. The normalized spacial score (nSPS) is 28.5. The first-order valence-electron chi connectivity index (χ1n) is 6.37. The highest BCUT2D eigenvalue weighted by molar-refractivity contribution is 5.85. The van der Waals surface area contributed by atoms with Crippen LogP contribution in [-0.4, -0.2) is 49.7 Å². The molecule has 4 nitrogen and oxygen atoms in total. The molecule has 2 rings (SSSR count). The molecule has 2 aliphatic rings. The second-order valence-corrected chi connectivity index (χ2v) is 4.86. The van der Waals surface area contributed by atoms with Gasteiger partial charge in [-0.15, -0.1) is 12.4 Å². The van der Waals surface area contributed by atoms with Crippen molar-refractivity contribution in [3.63, 3.8) is 0 Å². The fraction of sp³-hybridized carbons (Fsp3) is 0.917. The molecule has 1 amide bonds. The number of hydrogen-bond acceptors (Lipinski definition) is 3. The number of piperidine rings is 1. The zero-order valence-corrected chi connectivity index (χ0v) is 11.3. The lowest BCUT2D eigenvalue weighted by Gasteiger charge is -2.28. The summed E-state index contributed by atoms with van der Waals surface area (Å²) in [5.74, 6) is 0.232. The smallest absolute Gasteiger partial charge is 0.239 e. The van der Waals surface area contributed by atoms with Crippen LogP contribution in [0.1, 0.15) is 32.1 Å². The van der Waals surface area contributed by atoms with Gasteiger partial charge in [0.15, 0.2) is 0 Å². The van der Waals surface area contributed by atoms with Crippen LogP contribution in [0.15, 0.2) is 0 Å². The minimum Gasteiger partial charge on any atom is -0.376 e. The lowest BCUT2D eigenvalue weighted by atomic mass is 10.0. The molecule has 2 fully saturated rings. The molecular weight excluding hydrogens is 240 g/mol. The average Bonchev–Trinajstić information content (AvgIpc) is 2.82. The standard InChI is InChI=1S/C12H22N2O2.ClH/c1-14(9-10-5-4-8-16-10)12(15)11-6-2-3-7-13-11;/h10-11,13H,2-9H2,1H3;1H/t10?,11-;/m0./s1. The van der Waals surface area contributed by atoms with Crippen molar-refractivity contribution < 1.29 is 9.53 Å². The molecule has 2 saturated heterocycles. The third-order valence-electron chi connectivity index (χ3n) is 3.49. The maximum Gasteiger partial charge on any atom is 0.239 e. The number of ether oxygens (including phenoxy) is 1. The first-order valence-corrected chi connectivity index (χ1v) is 6.37. The molecule has 5 heteroatoms. The van der Waals surface area contributed by atoms with Crippen molar-refractivity contribution in [3.05, 3.63) is 0 Å². The highest BCUT2D eigenvalue weighted by Gasteiger charge is 2.26. The molecule has 0 radical (unpaired) electrons. The first-order chi connectivity index (χ1) is 7.77. The lowest BCUT2D eigenvalue weighted by molar-refractivity contribution is -0.134. The number of likely N-dealkylation sites (N-methyl/N-ethyl adjacent to an activating group) is 1. The SMILES string of the molecule is CN(CC1CCCO1)C(=O)[C@@H]1CCCCN1.Cl. The van der Waals surface area contributed by atoms with Crippen LogP contribution in [0.3, 0.4) is 0 Å². The van der Waals surface area contributed by atoms with Crippen LogP contribution in [0, 0.1) is 0 Å². The quantitative estimate of drug-likeness (QED) is 0.831. The number of carbonyl (C=O) groups is 1. The van der Waals surface area contributed by atoms with Gasteiger partial charge in [0.25, 0.3) is 0 Å². The maximum absolute atomic E-state index is 12.1. The third kappa shape index (κ3) is 4.12. The van der Waals surface area contributed by atoms with E-state index >= 15 is 0 Å². The Bertz CT molecular complexity index is 239. The fourth-order valence-electron chi connectivity index (χ4n) is 2.51. The van der Waals surface area contributed by atoms with E-state index in [2.05, 4.69) is 5.32 Å². The number of halogens is 1. The van der Waals surface area contributed by atoms with Crippen molar-refractivity contribution in [2.45, 2.75) is 44.2 Å². The molecule has 2 aliphatic heterocycles. The van der Waals surface area contributed by atoms with E-state index in [1.165, 1.54) is 6.42 Å². The number of nitrogens with zero attached hydrogens (tertiary/aromatic N) is 1. The van der Waals surface area contributed by atoms with Crippen LogP contribution in [-0.2, 0) is 9.53 Å². The van der Waals surface area contributed by atoms with Crippen molar-refractivity contribution in [1.29, 1.82) is 0 Å². The third-order valence-corrected chi connectivity index (χ3v) is 3.49. The molecule has 2 atom stereocenters. The summed E-state index contributed by atoms with van der Waals surface area (Å²) in [6.45, 7) is 2.58. The largest absolute Gasteiger partial charge is 0.376 e. The molecule has 2 heterocycles. The average molecular weight is 263 g/mol. The van der Waals surface area contributed by atoms with Crippen LogP contribution in [0.4, 0.5) is 0 Å². The first kappa shape index (κ1) is 14.7. The predicted molar refractivity (Wildman–Crippen MR) is 69.5 cm³/mol. The molecule has 0 aliphatic carbocycles. The van der Waals surface area contributed by atoms with Gasteiger partial charge < -0.3 is 15.0 Å². The van der Waals surface area contributed by atoms with Crippen LogP contribution in [0.2, 0.25) is 0 Å². The Kier molecular flexibility index (Phi) is 6.23. The summed E-state index contributed by atoms with van der Waals surface area (Å²) < 4.78 is 5.55. The van der Waals surface area contributed by atoms with Gasteiger partial charge in [-0.25, -0.2) is 0 Å². The number of carbonyl (C=O) groups excluding carboxylic acids is 1. The van der Waals surface area contributed by atoms with Crippen molar-refractivity contribution in [2.24, 2.45) is 0 Å². The van der Waals surface area contributed by atoms with E-state index in [0.717, 1.165) is 45.4 Å². The number of hydrogen-bond donors (Lipinski definition) is 1. The van der Waals surface area contributed by atoms with Gasteiger partial charge in [0, 0.05) is 20.2 Å². The molecule has 0 aromatic rings. The second-order valence-electron chi connectivity index (χ2n) is 4.86. The Morgan fingerprint density at radius 3 is 2.76 bits per heavy atom. The minimum absolute atomic E-state index is 0. The Balaban J connectivity index is 0.00000144. The highest BCUT2D eigenvalue weighted by atomic mass is 35.5. The molecule has 100 valence electrons. The Labute approximate surface area is 109 Å². The fourth-order valence-corrected chi connectivity index (χ4v) is 2.51. The molecule has 0 aromatic heterocycles. The molecule has 0 bridgehead atoms. The summed E-state index contributed by atoms with van der Waals surface area (Å²) in [6.07, 6.45) is 5.83. The second kappa shape index (κ2) is 7.19. The summed E-state index contributed by atoms with van der Waals surface area (Å²) in [5.41, 5.74) is 0. The van der Waals surface area contributed by atoms with E-state index < -0.39 is 0 Å². The van der Waals surface area contributed by atoms with Crippen molar-refractivity contribution in [2.75, 3.05) is 26.7 Å². The van der Waals surface area contributed by atoms with Crippen molar-refractivity contribution >= 4 is 18.3 Å². The van der Waals surface area contributed by atoms with Gasteiger partial charge in [0.05, 0.1) is 12.1 Å². The molecule has 1 N–H and O–H groups in total. The molecule has 0 aromatic carbocycles. The topological polar surface area (TPSA) is 41.6 Å². The molecule has 0 saturated carbocycles. The number of nitrogens with one attached hydrogen (secondary N) is 1. The summed E-state index contributed by atoms with van der Waals surface area (Å²) in [7, 11) is 1.89.